The van der Waals surface area contributed by atoms with Gasteiger partial charge in [-0.25, -0.2) is 30.1 Å². The molecule has 0 spiro atoms. The zero-order valence-corrected chi connectivity index (χ0v) is 74.2. The maximum absolute atomic E-state index is 12.7. The number of carbonyl (C=O) groups is 8. The van der Waals surface area contributed by atoms with E-state index in [0.717, 1.165) is 56.6 Å². The minimum absolute atomic E-state index is 0. The number of fused-ring (bicyclic) bond motifs is 1. The number of nitrogens with two attached hydrogens (primary N) is 1. The van der Waals surface area contributed by atoms with Crippen molar-refractivity contribution in [2.24, 2.45) is 0 Å². The molecule has 34 nitrogen and oxygen atoms in total. The Morgan fingerprint density at radius 2 is 0.790 bits per heavy atom. The van der Waals surface area contributed by atoms with Gasteiger partial charge in [0.25, 0.3) is 39.4 Å². The summed E-state index contributed by atoms with van der Waals surface area (Å²) in [6.07, 6.45) is 0.377. The predicted molar refractivity (Wildman–Crippen MR) is 457 cm³/mol. The van der Waals surface area contributed by atoms with Gasteiger partial charge in [0.05, 0.1) is 59.2 Å². The molecule has 11 rings (SSSR count). The fourth-order valence-corrected chi connectivity index (χ4v) is 10.5. The Kier molecular flexibility index (Phi) is 44.9. The van der Waals surface area contributed by atoms with E-state index in [-0.39, 0.29) is 128 Å². The van der Waals surface area contributed by atoms with Gasteiger partial charge in [-0.1, -0.05) is 130 Å². The molecule has 1 heterocycles. The Balaban J connectivity index is 0.000000489. The van der Waals surface area contributed by atoms with Crippen LogP contribution in [-0.4, -0.2) is 142 Å². The Morgan fingerprint density at radius 3 is 1.16 bits per heavy atom. The number of rotatable bonds is 20. The molecule has 0 atom stereocenters. The third kappa shape index (κ3) is 35.6. The van der Waals surface area contributed by atoms with Gasteiger partial charge in [0, 0.05) is 131 Å². The fourth-order valence-electron chi connectivity index (χ4n) is 9.42. The second-order valence-electron chi connectivity index (χ2n) is 22.4. The Bertz CT molecular complexity index is 5470. The summed E-state index contributed by atoms with van der Waals surface area (Å²) in [5.41, 5.74) is 7.94. The summed E-state index contributed by atoms with van der Waals surface area (Å²) in [7, 11) is 10.2. The summed E-state index contributed by atoms with van der Waals surface area (Å²) in [6, 6.07) is 57.1. The number of ketones is 4. The van der Waals surface area contributed by atoms with Gasteiger partial charge in [-0.15, -0.1) is 0 Å². The number of nitro groups is 6. The first-order valence-electron chi connectivity index (χ1n) is 32.3. The molecule has 620 valence electrons. The molecule has 0 saturated carbocycles. The molecule has 0 fully saturated rings. The van der Waals surface area contributed by atoms with Gasteiger partial charge in [0.2, 0.25) is 5.91 Å². The van der Waals surface area contributed by atoms with Crippen LogP contribution in [0.4, 0.5) is 45.5 Å². The molecular weight excluding hydrogens is 1990 g/mol. The number of anilines is 2. The van der Waals surface area contributed by atoms with Crippen molar-refractivity contribution in [3.63, 3.8) is 0 Å². The van der Waals surface area contributed by atoms with Crippen LogP contribution in [0.2, 0.25) is 0 Å². The molecule has 0 bridgehead atoms. The van der Waals surface area contributed by atoms with Crippen molar-refractivity contribution in [3.8, 4) is 0 Å². The van der Waals surface area contributed by atoms with E-state index in [1.54, 1.807) is 66.7 Å². The van der Waals surface area contributed by atoms with Gasteiger partial charge in [-0.3, -0.25) is 108 Å². The van der Waals surface area contributed by atoms with E-state index in [4.69, 9.17) is 74.5 Å². The van der Waals surface area contributed by atoms with Crippen molar-refractivity contribution in [1.82, 2.24) is 0 Å². The standard InChI is InChI=1S/C20H18N2O9.C15H12N2O2.C13H7BrN2O5.C13H8BrNO3.C7H4ClNO3.C6H5Br.CH4.Al.3ClH.H2O4S.Sn.2H/c1-3-30-19(24)17(20(25)31-4-2)15-9-8-13(11-16(15)22(28)29)18(23)12-6-5-7-14(10-12)21(26)27;16-12-3-1-2-10(6-12)15(19)11-5-4-9-8-14(18)17-13(9)7-11;14-11-5-4-9(7-12(11)16(20)21)13(17)8-2-1-3-10(6-8)15(18)19;14-11-6-4-9(5-7-11)13(16)10-2-1-3-12(8-10)15(17)18;8-7(10)5-2-1-3-6(4-5)9(11)12;7-6-4-2-1-3-5-6;;;;;;1-5(2,3)4;;;/h5-11,17H,3-4H2,1-2H3;1-7H,8,16H2,(H,17,18);1-7H;1-8H;1-4H;1-5H;1H4;;3*1H;(H2,1,2,3,4);;;/q;;;;;;;+3;;;;;;;/p-3. The average molecular weight is 2050 g/mol. The molecule has 2 radical (unpaired) electrons. The van der Waals surface area contributed by atoms with Gasteiger partial charge in [0.15, 0.2) is 29.1 Å². The number of amides is 1. The number of benzene rings is 10. The molecule has 1 aliphatic heterocycles. The summed E-state index contributed by atoms with van der Waals surface area (Å²) < 4.78 is 43.5. The van der Waals surface area contributed by atoms with Crippen LogP contribution in [0, 0.1) is 60.7 Å². The quantitative estimate of drug-likeness (QED) is 0.00633. The topological polar surface area (TPSA) is 527 Å². The fraction of sp³-hybridized carbons (Fsp3) is 0.0933. The Labute approximate surface area is 739 Å². The van der Waals surface area contributed by atoms with Crippen molar-refractivity contribution >= 4 is 227 Å². The summed E-state index contributed by atoms with van der Waals surface area (Å²) in [5.74, 6) is -5.35. The summed E-state index contributed by atoms with van der Waals surface area (Å²) >= 11 is 13.0. The van der Waals surface area contributed by atoms with Crippen LogP contribution in [0.15, 0.2) is 244 Å². The average Bonchev–Trinajstić information content (AvgIpc) is 1.39. The number of hydrogen-bond acceptors (Lipinski definition) is 25. The van der Waals surface area contributed by atoms with E-state index >= 15 is 0 Å². The number of hydrogen-bond donors (Lipinski definition) is 4. The first-order valence-corrected chi connectivity index (χ1v) is 41.7. The van der Waals surface area contributed by atoms with Crippen molar-refractivity contribution in [2.45, 2.75) is 33.6 Å². The van der Waals surface area contributed by atoms with E-state index in [9.17, 15) is 99.0 Å². The molecule has 0 saturated heterocycles. The second-order valence-corrected chi connectivity index (χ2v) is 32.8. The van der Waals surface area contributed by atoms with E-state index < -0.39 is 91.7 Å². The zero-order chi connectivity index (χ0) is 87.6. The van der Waals surface area contributed by atoms with Gasteiger partial charge >= 0.3 is 57.6 Å². The van der Waals surface area contributed by atoms with Gasteiger partial charge in [-0.05, 0) is 126 Å². The van der Waals surface area contributed by atoms with E-state index in [1.807, 2.05) is 36.4 Å². The van der Waals surface area contributed by atoms with E-state index in [2.05, 4.69) is 53.1 Å². The van der Waals surface area contributed by atoms with Gasteiger partial charge < -0.3 is 20.5 Å². The predicted octanol–water partition coefficient (Wildman–Crippen LogP) is 17.2. The molecule has 119 heavy (non-hydrogen) atoms. The van der Waals surface area contributed by atoms with Crippen molar-refractivity contribution in [1.29, 1.82) is 0 Å². The van der Waals surface area contributed by atoms with Crippen molar-refractivity contribution < 1.29 is 94.9 Å². The number of nitro benzene ring substituents is 6. The van der Waals surface area contributed by atoms with Crippen molar-refractivity contribution in [3.05, 3.63) is 366 Å². The molecule has 0 aromatic heterocycles. The van der Waals surface area contributed by atoms with Gasteiger partial charge in [0.1, 0.15) is 0 Å². The number of nitrogens with zero attached hydrogens (tertiary/aromatic N) is 6. The van der Waals surface area contributed by atoms with Crippen LogP contribution in [0.25, 0.3) is 0 Å². The molecule has 10 aromatic carbocycles. The minimum atomic E-state index is -4.67. The number of nitrogen functional groups attached to an aromatic ring is 1. The first-order chi connectivity index (χ1) is 55.0. The van der Waals surface area contributed by atoms with E-state index in [1.165, 1.54) is 105 Å². The normalized spacial score (nSPS) is 10.3. The maximum atomic E-state index is 12.7. The number of ether oxygens (including phenoxy) is 2. The molecular formula is C75H62AlBr3Cl4N8O26SSn. The summed E-state index contributed by atoms with van der Waals surface area (Å²) in [5, 5.41) is 67.0. The van der Waals surface area contributed by atoms with Crippen LogP contribution < -0.4 is 11.1 Å². The van der Waals surface area contributed by atoms with Crippen molar-refractivity contribution in [2.75, 3.05) is 24.3 Å². The third-order valence-corrected chi connectivity index (χ3v) is 16.4. The van der Waals surface area contributed by atoms with Crippen LogP contribution in [0.1, 0.15) is 112 Å². The number of carbonyl (C=O) groups excluding carboxylic acids is 8. The van der Waals surface area contributed by atoms with Crippen LogP contribution in [-0.2, 0) is 40.7 Å². The molecule has 0 unspecified atom stereocenters. The Hall–Kier alpha value is -11.0. The number of esters is 2. The van der Waals surface area contributed by atoms with Crippen LogP contribution in [0.5, 0.6) is 0 Å². The van der Waals surface area contributed by atoms with Crippen LogP contribution in [0.3, 0.4) is 0 Å². The first kappa shape index (κ1) is 104. The second kappa shape index (κ2) is 51.3. The van der Waals surface area contributed by atoms with Gasteiger partial charge in [-0.2, -0.15) is 8.42 Å². The molecule has 0 aliphatic carbocycles. The summed E-state index contributed by atoms with van der Waals surface area (Å²) in [6.45, 7) is 2.89. The summed E-state index contributed by atoms with van der Waals surface area (Å²) in [4.78, 5) is 157. The van der Waals surface area contributed by atoms with Crippen LogP contribution >= 0.6 is 89.5 Å². The SMILES string of the molecule is Brc1ccccc1.C.CCOC(=O)C(C(=O)OCC)c1ccc(C(=O)c2cccc([N+](=O)[O-])c2)cc1[N+](=O)[O-].Nc1cccc(C(=O)c2ccc3c(c2)NC(=O)C3)c1.O=C(Cl)c1cccc([N+](=O)[O-])c1.O=C(c1ccc(Br)cc1)c1cccc([N+](=O)[O-])c1.O=C(c1cccc([N+](=O)[O-])c1)c1ccc(Br)c([N+](=O)[O-])c1.O=S(=O)(O)O.[Cl][Al]([Cl])[Cl].[SnH2]. The monoisotopic (exact) mass is 2050 g/mol. The zero-order valence-electron chi connectivity index (χ0n) is 60.4. The van der Waals surface area contributed by atoms with E-state index in [0.29, 0.717) is 34.4 Å². The number of halogens is 7. The Morgan fingerprint density at radius 1 is 0.462 bits per heavy atom. The molecule has 44 heteroatoms. The molecule has 10 aromatic rings. The number of non-ortho nitro benzene ring substituents is 4. The number of nitrogens with one attached hydrogen (secondary N) is 1. The molecule has 1 aliphatic rings. The third-order valence-electron chi connectivity index (χ3n) is 14.5. The molecule has 5 N–H and O–H groups in total. The molecule has 1 amide bonds.